The van der Waals surface area contributed by atoms with Crippen molar-refractivity contribution in [1.82, 2.24) is 15.0 Å². The first kappa shape index (κ1) is 15.0. The molecule has 0 bridgehead atoms. The van der Waals surface area contributed by atoms with Crippen LogP contribution in [0.5, 0.6) is 0 Å². The zero-order valence-corrected chi connectivity index (χ0v) is 13.5. The van der Waals surface area contributed by atoms with E-state index in [2.05, 4.69) is 26.2 Å². The van der Waals surface area contributed by atoms with Gasteiger partial charge in [-0.1, -0.05) is 21.1 Å². The lowest BCUT2D eigenvalue weighted by Gasteiger charge is -2.10. The Labute approximate surface area is 142 Å². The van der Waals surface area contributed by atoms with Crippen molar-refractivity contribution in [1.29, 1.82) is 0 Å². The Kier molecular flexibility index (Phi) is 3.43. The van der Waals surface area contributed by atoms with Gasteiger partial charge in [0.1, 0.15) is 11.1 Å². The molecule has 24 heavy (non-hydrogen) atoms. The van der Waals surface area contributed by atoms with Gasteiger partial charge in [0, 0.05) is 22.0 Å². The lowest BCUT2D eigenvalue weighted by molar-refractivity contribution is -0.991. The lowest BCUT2D eigenvalue weighted by Crippen LogP contribution is -2.99. The molecule has 2 aromatic heterocycles. The molecule has 0 fully saturated rings. The van der Waals surface area contributed by atoms with Crippen LogP contribution in [0.2, 0.25) is 0 Å². The van der Waals surface area contributed by atoms with Crippen LogP contribution < -0.4 is 10.9 Å². The van der Waals surface area contributed by atoms with Gasteiger partial charge in [-0.15, -0.1) is 5.10 Å². The molecular weight excluding hydrogens is 380 g/mol. The monoisotopic (exact) mass is 388 g/mol. The van der Waals surface area contributed by atoms with E-state index in [0.717, 1.165) is 9.86 Å². The smallest absolute Gasteiger partial charge is 0.362 e. The first-order chi connectivity index (χ1) is 11.5. The number of hydrogen-bond donors (Lipinski definition) is 2. The number of halogens is 1. The van der Waals surface area contributed by atoms with Crippen LogP contribution in [0.15, 0.2) is 56.1 Å². The number of fused-ring (bicyclic) bond motifs is 2. The molecule has 0 saturated carbocycles. The van der Waals surface area contributed by atoms with Gasteiger partial charge in [-0.2, -0.15) is 5.23 Å². The topological polar surface area (TPSA) is 109 Å². The zero-order chi connectivity index (χ0) is 16.8. The maximum atomic E-state index is 12.3. The van der Waals surface area contributed by atoms with Gasteiger partial charge >= 0.3 is 5.63 Å². The third kappa shape index (κ3) is 2.39. The fourth-order valence-corrected chi connectivity index (χ4v) is 2.84. The molecule has 0 aliphatic heterocycles. The number of nitrogens with one attached hydrogen (secondary N) is 1. The average molecular weight is 389 g/mol. The van der Waals surface area contributed by atoms with Crippen LogP contribution >= 0.6 is 15.9 Å². The molecule has 0 amide bonds. The highest BCUT2D eigenvalue weighted by molar-refractivity contribution is 9.10. The predicted octanol–water partition coefficient (Wildman–Crippen LogP) is 1.69. The van der Waals surface area contributed by atoms with Gasteiger partial charge in [-0.25, -0.2) is 14.7 Å². The summed E-state index contributed by atoms with van der Waals surface area (Å²) in [5.74, 6) is 0. The second kappa shape index (κ2) is 5.49. The molecule has 0 aliphatic carbocycles. The Bertz CT molecular complexity index is 1140. The molecule has 0 aliphatic rings. The van der Waals surface area contributed by atoms with E-state index in [4.69, 9.17) is 9.62 Å². The third-order valence-electron chi connectivity index (χ3n) is 3.60. The summed E-state index contributed by atoms with van der Waals surface area (Å²) in [6.45, 7) is 0. The van der Waals surface area contributed by atoms with Gasteiger partial charge in [0.25, 0.3) is 0 Å². The van der Waals surface area contributed by atoms with E-state index in [0.29, 0.717) is 16.6 Å². The highest BCUT2D eigenvalue weighted by atomic mass is 79.9. The number of hydrogen-bond acceptors (Lipinski definition) is 6. The SMILES string of the molecule is O=c1oc2ccc(Br)cc2cc1-n1nnc2cc([NH+]([O-])O)ccc21. The summed E-state index contributed by atoms with van der Waals surface area (Å²) in [6, 6.07) is 11.4. The van der Waals surface area contributed by atoms with Crippen LogP contribution in [0.4, 0.5) is 5.69 Å². The molecule has 120 valence electrons. The van der Waals surface area contributed by atoms with Crippen molar-refractivity contribution in [3.8, 4) is 5.69 Å². The minimum Gasteiger partial charge on any atom is -0.595 e. The van der Waals surface area contributed by atoms with E-state index < -0.39 is 10.9 Å². The second-order valence-electron chi connectivity index (χ2n) is 5.11. The van der Waals surface area contributed by atoms with E-state index in [1.807, 2.05) is 6.07 Å². The van der Waals surface area contributed by atoms with Crippen molar-refractivity contribution in [2.75, 3.05) is 0 Å². The largest absolute Gasteiger partial charge is 0.595 e. The highest BCUT2D eigenvalue weighted by Crippen LogP contribution is 2.22. The van der Waals surface area contributed by atoms with Gasteiger partial charge in [-0.05, 0) is 30.3 Å². The molecule has 1 atom stereocenters. The minimum atomic E-state index is -1.05. The number of rotatable bonds is 2. The first-order valence-corrected chi connectivity index (χ1v) is 7.65. The van der Waals surface area contributed by atoms with Crippen molar-refractivity contribution in [3.05, 3.63) is 62.6 Å². The molecule has 4 aromatic rings. The summed E-state index contributed by atoms with van der Waals surface area (Å²) in [7, 11) is 0. The predicted molar refractivity (Wildman–Crippen MR) is 88.4 cm³/mol. The summed E-state index contributed by atoms with van der Waals surface area (Å²) >= 11 is 3.38. The van der Waals surface area contributed by atoms with Gasteiger partial charge in [0.05, 0.1) is 5.52 Å². The van der Waals surface area contributed by atoms with Crippen molar-refractivity contribution in [2.45, 2.75) is 0 Å². The highest BCUT2D eigenvalue weighted by Gasteiger charge is 2.14. The van der Waals surface area contributed by atoms with Crippen LogP contribution in [0.25, 0.3) is 27.7 Å². The second-order valence-corrected chi connectivity index (χ2v) is 6.03. The molecule has 8 nitrogen and oxygen atoms in total. The molecule has 1 unspecified atom stereocenters. The van der Waals surface area contributed by atoms with E-state index >= 15 is 0 Å². The Morgan fingerprint density at radius 1 is 1.21 bits per heavy atom. The summed E-state index contributed by atoms with van der Waals surface area (Å²) in [4.78, 5) is 12.3. The van der Waals surface area contributed by atoms with Crippen LogP contribution in [0.3, 0.4) is 0 Å². The number of aromatic nitrogens is 3. The first-order valence-electron chi connectivity index (χ1n) is 6.85. The van der Waals surface area contributed by atoms with Gasteiger partial charge in [0.2, 0.25) is 0 Å². The van der Waals surface area contributed by atoms with Crippen LogP contribution in [0, 0.1) is 5.21 Å². The summed E-state index contributed by atoms with van der Waals surface area (Å²) < 4.78 is 7.52. The zero-order valence-electron chi connectivity index (χ0n) is 11.9. The molecule has 0 saturated heterocycles. The van der Waals surface area contributed by atoms with Crippen molar-refractivity contribution < 1.29 is 14.9 Å². The Balaban J connectivity index is 1.95. The number of benzene rings is 2. The molecular formula is C15H9BrN4O4. The van der Waals surface area contributed by atoms with Crippen LogP contribution in [-0.4, -0.2) is 20.2 Å². The summed E-state index contributed by atoms with van der Waals surface area (Å²) in [6.07, 6.45) is 0. The summed E-state index contributed by atoms with van der Waals surface area (Å²) in [5.41, 5.74) is 1.10. The minimum absolute atomic E-state index is 0.101. The molecule has 0 spiro atoms. The lowest BCUT2D eigenvalue weighted by atomic mass is 10.2. The van der Waals surface area contributed by atoms with Gasteiger partial charge in [-0.3, -0.25) is 0 Å². The van der Waals surface area contributed by atoms with Crippen LogP contribution in [-0.2, 0) is 0 Å². The Hall–Kier alpha value is -2.59. The van der Waals surface area contributed by atoms with E-state index in [9.17, 15) is 10.0 Å². The van der Waals surface area contributed by atoms with Gasteiger partial charge in [0.15, 0.2) is 11.4 Å². The Morgan fingerprint density at radius 3 is 2.83 bits per heavy atom. The summed E-state index contributed by atoms with van der Waals surface area (Å²) in [5, 5.41) is 27.6. The standard InChI is InChI=1S/C15H9BrN4O4/c16-9-1-4-14-8(5-9)6-13(15(21)24-14)19-12-3-2-10(20(22)23)7-11(12)17-18-19/h1-7,20,22H. The van der Waals surface area contributed by atoms with Gasteiger partial charge < -0.3 is 9.62 Å². The molecule has 2 aromatic carbocycles. The fraction of sp³-hybridized carbons (Fsp3) is 0. The van der Waals surface area contributed by atoms with E-state index in [-0.39, 0.29) is 11.4 Å². The van der Waals surface area contributed by atoms with E-state index in [1.165, 1.54) is 16.8 Å². The molecule has 2 N–H and O–H groups in total. The van der Waals surface area contributed by atoms with Crippen molar-refractivity contribution in [2.24, 2.45) is 0 Å². The number of nitrogens with zero attached hydrogens (tertiary/aromatic N) is 3. The third-order valence-corrected chi connectivity index (χ3v) is 4.09. The molecule has 2 heterocycles. The quantitative estimate of drug-likeness (QED) is 0.399. The fourth-order valence-electron chi connectivity index (χ4n) is 2.47. The number of quaternary nitrogens is 1. The van der Waals surface area contributed by atoms with Crippen molar-refractivity contribution in [3.63, 3.8) is 0 Å². The maximum absolute atomic E-state index is 12.3. The maximum Gasteiger partial charge on any atom is 0.362 e. The van der Waals surface area contributed by atoms with E-state index in [1.54, 1.807) is 24.3 Å². The molecule has 4 rings (SSSR count). The molecule has 0 radical (unpaired) electrons. The van der Waals surface area contributed by atoms with Crippen LogP contribution in [0.1, 0.15) is 0 Å². The van der Waals surface area contributed by atoms with Crippen molar-refractivity contribution >= 4 is 43.6 Å². The molecule has 9 heteroatoms. The average Bonchev–Trinajstić information content (AvgIpc) is 2.97. The normalized spacial score (nSPS) is 12.8. The Morgan fingerprint density at radius 2 is 2.04 bits per heavy atom.